The first kappa shape index (κ1) is 16.6. The summed E-state index contributed by atoms with van der Waals surface area (Å²) in [7, 11) is 0. The van der Waals surface area contributed by atoms with Gasteiger partial charge in [-0.15, -0.1) is 0 Å². The Balaban J connectivity index is 1.41. The number of nitrogens with one attached hydrogen (secondary N) is 2. The molecule has 0 aromatic heterocycles. The monoisotopic (exact) mass is 351 g/mol. The van der Waals surface area contributed by atoms with Gasteiger partial charge < -0.3 is 21.1 Å². The standard InChI is InChI=1S/C20H21N3O3/c21-19(24)18-9-12(10-22-18)23-20(25)26-11-17-15-7-3-1-5-13(15)14-6-2-4-8-16(14)17/h1-8,12,17-18,22H,9-11H2,(H2,21,24)(H,23,25). The molecule has 4 N–H and O–H groups in total. The lowest BCUT2D eigenvalue weighted by molar-refractivity contribution is -0.119. The lowest BCUT2D eigenvalue weighted by Crippen LogP contribution is -2.37. The quantitative estimate of drug-likeness (QED) is 0.782. The van der Waals surface area contributed by atoms with Crippen molar-refractivity contribution < 1.29 is 14.3 Å². The van der Waals surface area contributed by atoms with E-state index < -0.39 is 18.0 Å². The van der Waals surface area contributed by atoms with Crippen molar-refractivity contribution >= 4 is 12.0 Å². The maximum Gasteiger partial charge on any atom is 0.407 e. The van der Waals surface area contributed by atoms with Gasteiger partial charge >= 0.3 is 6.09 Å². The van der Waals surface area contributed by atoms with Crippen molar-refractivity contribution in [1.29, 1.82) is 0 Å². The molecule has 2 aliphatic rings. The molecular weight excluding hydrogens is 330 g/mol. The van der Waals surface area contributed by atoms with E-state index in [-0.39, 0.29) is 18.6 Å². The number of benzene rings is 2. The van der Waals surface area contributed by atoms with Crippen LogP contribution < -0.4 is 16.4 Å². The van der Waals surface area contributed by atoms with E-state index in [1.165, 1.54) is 22.3 Å². The Hall–Kier alpha value is -2.86. The number of hydrogen-bond acceptors (Lipinski definition) is 4. The van der Waals surface area contributed by atoms with Crippen LogP contribution in [0, 0.1) is 0 Å². The van der Waals surface area contributed by atoms with Gasteiger partial charge in [0.25, 0.3) is 0 Å². The molecule has 6 nitrogen and oxygen atoms in total. The maximum atomic E-state index is 12.2. The summed E-state index contributed by atoms with van der Waals surface area (Å²) in [4.78, 5) is 23.4. The highest BCUT2D eigenvalue weighted by Crippen LogP contribution is 2.44. The molecule has 0 radical (unpaired) electrons. The number of carbonyl (C=O) groups is 2. The summed E-state index contributed by atoms with van der Waals surface area (Å²) in [6.07, 6.45) is 0.0169. The predicted octanol–water partition coefficient (Wildman–Crippen LogP) is 1.74. The molecule has 1 fully saturated rings. The molecule has 0 bridgehead atoms. The van der Waals surface area contributed by atoms with Crippen LogP contribution in [0.5, 0.6) is 0 Å². The largest absolute Gasteiger partial charge is 0.449 e. The van der Waals surface area contributed by atoms with E-state index in [0.717, 1.165) is 0 Å². The van der Waals surface area contributed by atoms with E-state index in [0.29, 0.717) is 13.0 Å². The van der Waals surface area contributed by atoms with Crippen molar-refractivity contribution in [2.75, 3.05) is 13.2 Å². The van der Waals surface area contributed by atoms with Gasteiger partial charge in [-0.2, -0.15) is 0 Å². The van der Waals surface area contributed by atoms with Gasteiger partial charge in [-0.3, -0.25) is 4.79 Å². The van der Waals surface area contributed by atoms with Gasteiger partial charge in [-0.1, -0.05) is 48.5 Å². The molecule has 6 heteroatoms. The lowest BCUT2D eigenvalue weighted by Gasteiger charge is -2.16. The van der Waals surface area contributed by atoms with Crippen LogP contribution >= 0.6 is 0 Å². The molecule has 2 amide bonds. The number of alkyl carbamates (subject to hydrolysis) is 1. The molecule has 4 rings (SSSR count). The molecule has 1 heterocycles. The summed E-state index contributed by atoms with van der Waals surface area (Å²) in [5, 5.41) is 5.79. The second kappa shape index (κ2) is 6.80. The second-order valence-electron chi connectivity index (χ2n) is 6.77. The minimum absolute atomic E-state index is 0.0354. The van der Waals surface area contributed by atoms with Gasteiger partial charge in [-0.05, 0) is 28.7 Å². The van der Waals surface area contributed by atoms with Gasteiger partial charge in [0, 0.05) is 18.5 Å². The first-order valence-electron chi connectivity index (χ1n) is 8.77. The number of hydrogen-bond donors (Lipinski definition) is 3. The smallest absolute Gasteiger partial charge is 0.407 e. The van der Waals surface area contributed by atoms with Crippen LogP contribution in [0.25, 0.3) is 11.1 Å². The molecule has 2 aromatic carbocycles. The van der Waals surface area contributed by atoms with Crippen LogP contribution in [0.1, 0.15) is 23.5 Å². The Labute approximate surface area is 151 Å². The third kappa shape index (κ3) is 3.04. The topological polar surface area (TPSA) is 93.5 Å². The molecule has 2 unspecified atom stereocenters. The van der Waals surface area contributed by atoms with Crippen molar-refractivity contribution in [1.82, 2.24) is 10.6 Å². The molecule has 2 aromatic rings. The lowest BCUT2D eigenvalue weighted by atomic mass is 9.98. The minimum atomic E-state index is -0.469. The van der Waals surface area contributed by atoms with Gasteiger partial charge in [-0.25, -0.2) is 4.79 Å². The van der Waals surface area contributed by atoms with E-state index in [4.69, 9.17) is 10.5 Å². The van der Waals surface area contributed by atoms with Crippen molar-refractivity contribution in [3.8, 4) is 11.1 Å². The van der Waals surface area contributed by atoms with E-state index in [9.17, 15) is 9.59 Å². The SMILES string of the molecule is NC(=O)C1CC(NC(=O)OCC2c3ccccc3-c3ccccc32)CN1. The molecule has 1 aliphatic carbocycles. The maximum absolute atomic E-state index is 12.2. The third-order valence-corrected chi connectivity index (χ3v) is 5.14. The number of rotatable bonds is 4. The number of carbonyl (C=O) groups excluding carboxylic acids is 2. The van der Waals surface area contributed by atoms with Crippen molar-refractivity contribution in [2.45, 2.75) is 24.4 Å². The average molecular weight is 351 g/mol. The number of nitrogens with two attached hydrogens (primary N) is 1. The first-order chi connectivity index (χ1) is 12.6. The van der Waals surface area contributed by atoms with Crippen LogP contribution in [-0.4, -0.2) is 37.2 Å². The Kier molecular flexibility index (Phi) is 4.34. The van der Waals surface area contributed by atoms with Gasteiger partial charge in [0.05, 0.1) is 6.04 Å². The number of amides is 2. The average Bonchev–Trinajstić information content (AvgIpc) is 3.23. The molecule has 1 aliphatic heterocycles. The summed E-state index contributed by atoms with van der Waals surface area (Å²) in [5.74, 6) is -0.366. The molecule has 2 atom stereocenters. The Bertz CT molecular complexity index is 806. The normalized spacial score (nSPS) is 21.1. The summed E-state index contributed by atoms with van der Waals surface area (Å²) >= 11 is 0. The first-order valence-corrected chi connectivity index (χ1v) is 8.77. The van der Waals surface area contributed by atoms with E-state index in [1.807, 2.05) is 24.3 Å². The fourth-order valence-corrected chi connectivity index (χ4v) is 3.87. The van der Waals surface area contributed by atoms with Crippen LogP contribution in [0.3, 0.4) is 0 Å². The van der Waals surface area contributed by atoms with Crippen LogP contribution in [0.15, 0.2) is 48.5 Å². The highest BCUT2D eigenvalue weighted by Gasteiger charge is 2.31. The Morgan fingerprint density at radius 1 is 1.08 bits per heavy atom. The second-order valence-corrected chi connectivity index (χ2v) is 6.77. The van der Waals surface area contributed by atoms with Gasteiger partial charge in [0.1, 0.15) is 6.61 Å². The molecule has 134 valence electrons. The fraction of sp³-hybridized carbons (Fsp3) is 0.300. The third-order valence-electron chi connectivity index (χ3n) is 5.14. The zero-order valence-corrected chi connectivity index (χ0v) is 14.3. The zero-order valence-electron chi connectivity index (χ0n) is 14.3. The predicted molar refractivity (Wildman–Crippen MR) is 97.6 cm³/mol. The van der Waals surface area contributed by atoms with Crippen molar-refractivity contribution in [3.05, 3.63) is 59.7 Å². The van der Waals surface area contributed by atoms with E-state index in [2.05, 4.69) is 34.9 Å². The van der Waals surface area contributed by atoms with E-state index >= 15 is 0 Å². The molecule has 0 spiro atoms. The van der Waals surface area contributed by atoms with Crippen LogP contribution in [-0.2, 0) is 9.53 Å². The number of primary amides is 1. The summed E-state index contributed by atoms with van der Waals surface area (Å²) in [6, 6.07) is 15.9. The highest BCUT2D eigenvalue weighted by atomic mass is 16.5. The Morgan fingerprint density at radius 2 is 1.69 bits per heavy atom. The Morgan fingerprint density at radius 3 is 2.27 bits per heavy atom. The van der Waals surface area contributed by atoms with Crippen molar-refractivity contribution in [2.24, 2.45) is 5.73 Å². The fourth-order valence-electron chi connectivity index (χ4n) is 3.87. The minimum Gasteiger partial charge on any atom is -0.449 e. The molecular formula is C20H21N3O3. The zero-order chi connectivity index (χ0) is 18.1. The van der Waals surface area contributed by atoms with Crippen molar-refractivity contribution in [3.63, 3.8) is 0 Å². The summed E-state index contributed by atoms with van der Waals surface area (Å²) < 4.78 is 5.50. The molecule has 26 heavy (non-hydrogen) atoms. The highest BCUT2D eigenvalue weighted by molar-refractivity contribution is 5.81. The number of fused-ring (bicyclic) bond motifs is 3. The summed E-state index contributed by atoms with van der Waals surface area (Å²) in [6.45, 7) is 0.789. The molecule has 1 saturated heterocycles. The molecule has 0 saturated carbocycles. The number of ether oxygens (including phenoxy) is 1. The van der Waals surface area contributed by atoms with Gasteiger partial charge in [0.2, 0.25) is 5.91 Å². The van der Waals surface area contributed by atoms with Gasteiger partial charge in [0.15, 0.2) is 0 Å². The summed E-state index contributed by atoms with van der Waals surface area (Å²) in [5.41, 5.74) is 10.0. The van der Waals surface area contributed by atoms with E-state index in [1.54, 1.807) is 0 Å². The van der Waals surface area contributed by atoms with Crippen LogP contribution in [0.2, 0.25) is 0 Å². The van der Waals surface area contributed by atoms with Crippen LogP contribution in [0.4, 0.5) is 4.79 Å².